The van der Waals surface area contributed by atoms with Crippen LogP contribution in [0.1, 0.15) is 45.7 Å². The molecule has 5 nitrogen and oxygen atoms in total. The molecule has 0 bridgehead atoms. The lowest BCUT2D eigenvalue weighted by molar-refractivity contribution is 0.103. The molecule has 0 amide bonds. The number of carbonyl (C=O) groups is 1. The molecule has 1 heterocycles. The highest BCUT2D eigenvalue weighted by Gasteiger charge is 2.23. The summed E-state index contributed by atoms with van der Waals surface area (Å²) in [6.45, 7) is 3.31. The standard InChI is InChI=1S/C21H19ClF2N2O3S/c1-11-8-18(25-20(11)21(27)13-4-6-14(22)7-5-13)12(2)19-16(23)9-15(10-17(19)24)26-30(3,28)29/h4-10,12,25-26H,1-3H3. The fourth-order valence-electron chi connectivity index (χ4n) is 3.23. The van der Waals surface area contributed by atoms with Crippen molar-refractivity contribution in [1.82, 2.24) is 4.98 Å². The summed E-state index contributed by atoms with van der Waals surface area (Å²) < 4.78 is 53.9. The number of aromatic nitrogens is 1. The molecule has 0 spiro atoms. The summed E-state index contributed by atoms with van der Waals surface area (Å²) >= 11 is 5.86. The summed E-state index contributed by atoms with van der Waals surface area (Å²) in [6, 6.07) is 9.91. The van der Waals surface area contributed by atoms with Crippen molar-refractivity contribution in [2.24, 2.45) is 0 Å². The van der Waals surface area contributed by atoms with E-state index in [2.05, 4.69) is 4.98 Å². The van der Waals surface area contributed by atoms with Crippen molar-refractivity contribution in [3.63, 3.8) is 0 Å². The van der Waals surface area contributed by atoms with E-state index in [0.717, 1.165) is 18.4 Å². The van der Waals surface area contributed by atoms with Crippen LogP contribution in [0.25, 0.3) is 0 Å². The van der Waals surface area contributed by atoms with Crippen LogP contribution in [0.4, 0.5) is 14.5 Å². The summed E-state index contributed by atoms with van der Waals surface area (Å²) in [5.74, 6) is -2.81. The van der Waals surface area contributed by atoms with Gasteiger partial charge in [0.1, 0.15) is 11.6 Å². The van der Waals surface area contributed by atoms with Gasteiger partial charge in [-0.15, -0.1) is 0 Å². The van der Waals surface area contributed by atoms with Crippen LogP contribution in [-0.4, -0.2) is 25.4 Å². The predicted octanol–water partition coefficient (Wildman–Crippen LogP) is 5.01. The third-order valence-electron chi connectivity index (χ3n) is 4.65. The maximum Gasteiger partial charge on any atom is 0.229 e. The number of aromatic amines is 1. The van der Waals surface area contributed by atoms with Gasteiger partial charge in [0, 0.05) is 27.8 Å². The van der Waals surface area contributed by atoms with Crippen molar-refractivity contribution in [1.29, 1.82) is 0 Å². The van der Waals surface area contributed by atoms with E-state index >= 15 is 0 Å². The lowest BCUT2D eigenvalue weighted by Gasteiger charge is -2.14. The van der Waals surface area contributed by atoms with Gasteiger partial charge in [-0.1, -0.05) is 18.5 Å². The van der Waals surface area contributed by atoms with Crippen LogP contribution in [0, 0.1) is 18.6 Å². The van der Waals surface area contributed by atoms with Crippen LogP contribution < -0.4 is 4.72 Å². The van der Waals surface area contributed by atoms with Gasteiger partial charge < -0.3 is 4.98 Å². The van der Waals surface area contributed by atoms with E-state index in [1.165, 1.54) is 0 Å². The molecular formula is C21H19ClF2N2O3S. The Kier molecular flexibility index (Phi) is 6.01. The van der Waals surface area contributed by atoms with Crippen molar-refractivity contribution >= 4 is 33.1 Å². The van der Waals surface area contributed by atoms with Crippen molar-refractivity contribution in [3.8, 4) is 0 Å². The molecule has 9 heteroatoms. The number of sulfonamides is 1. The fraction of sp³-hybridized carbons (Fsp3) is 0.190. The molecule has 3 rings (SSSR count). The van der Waals surface area contributed by atoms with Crippen molar-refractivity contribution in [3.05, 3.63) is 87.2 Å². The molecule has 2 aromatic carbocycles. The van der Waals surface area contributed by atoms with Gasteiger partial charge in [-0.05, 0) is 55.0 Å². The average molecular weight is 453 g/mol. The van der Waals surface area contributed by atoms with Gasteiger partial charge in [-0.3, -0.25) is 9.52 Å². The topological polar surface area (TPSA) is 79.0 Å². The van der Waals surface area contributed by atoms with Gasteiger partial charge in [0.25, 0.3) is 0 Å². The van der Waals surface area contributed by atoms with Crippen molar-refractivity contribution in [2.75, 3.05) is 11.0 Å². The number of hydrogen-bond acceptors (Lipinski definition) is 3. The molecule has 0 radical (unpaired) electrons. The Balaban J connectivity index is 1.95. The van der Waals surface area contributed by atoms with Gasteiger partial charge in [0.2, 0.25) is 15.8 Å². The molecule has 0 fully saturated rings. The average Bonchev–Trinajstić information content (AvgIpc) is 3.01. The van der Waals surface area contributed by atoms with Crippen LogP contribution in [0.5, 0.6) is 0 Å². The molecular weight excluding hydrogens is 434 g/mol. The Hall–Kier alpha value is -2.71. The van der Waals surface area contributed by atoms with E-state index in [9.17, 15) is 22.0 Å². The minimum atomic E-state index is -3.67. The first-order chi connectivity index (χ1) is 14.0. The first-order valence-electron chi connectivity index (χ1n) is 8.92. The molecule has 0 aliphatic carbocycles. The molecule has 1 atom stereocenters. The second kappa shape index (κ2) is 8.20. The second-order valence-corrected chi connectivity index (χ2v) is 9.25. The predicted molar refractivity (Wildman–Crippen MR) is 113 cm³/mol. The zero-order valence-electron chi connectivity index (χ0n) is 16.4. The Morgan fingerprint density at radius 1 is 1.10 bits per heavy atom. The summed E-state index contributed by atoms with van der Waals surface area (Å²) in [6.07, 6.45) is 0.889. The lowest BCUT2D eigenvalue weighted by Crippen LogP contribution is -2.12. The van der Waals surface area contributed by atoms with Crippen LogP contribution in [0.3, 0.4) is 0 Å². The lowest BCUT2D eigenvalue weighted by atomic mass is 9.96. The number of aryl methyl sites for hydroxylation is 1. The molecule has 0 aliphatic rings. The normalized spacial score (nSPS) is 12.6. The molecule has 158 valence electrons. The number of halogens is 3. The summed E-state index contributed by atoms with van der Waals surface area (Å²) in [5, 5.41) is 0.504. The highest BCUT2D eigenvalue weighted by Crippen LogP contribution is 2.32. The van der Waals surface area contributed by atoms with Gasteiger partial charge in [0.15, 0.2) is 0 Å². The number of hydrogen-bond donors (Lipinski definition) is 2. The molecule has 1 aromatic heterocycles. The Bertz CT molecular complexity index is 1200. The first-order valence-corrected chi connectivity index (χ1v) is 11.2. The Morgan fingerprint density at radius 2 is 1.67 bits per heavy atom. The van der Waals surface area contributed by atoms with E-state index in [-0.39, 0.29) is 17.0 Å². The van der Waals surface area contributed by atoms with Crippen LogP contribution in [0.15, 0.2) is 42.5 Å². The van der Waals surface area contributed by atoms with Crippen molar-refractivity contribution in [2.45, 2.75) is 19.8 Å². The van der Waals surface area contributed by atoms with E-state index in [0.29, 0.717) is 27.5 Å². The van der Waals surface area contributed by atoms with E-state index < -0.39 is 27.6 Å². The number of anilines is 1. The van der Waals surface area contributed by atoms with E-state index in [4.69, 9.17) is 11.6 Å². The summed E-state index contributed by atoms with van der Waals surface area (Å²) in [4.78, 5) is 15.7. The molecule has 2 N–H and O–H groups in total. The molecule has 0 saturated carbocycles. The maximum absolute atomic E-state index is 14.6. The molecule has 0 saturated heterocycles. The SMILES string of the molecule is Cc1cc(C(C)c2c(F)cc(NS(C)(=O)=O)cc2F)[nH]c1C(=O)c1ccc(Cl)cc1. The Labute approximate surface area is 178 Å². The second-order valence-electron chi connectivity index (χ2n) is 7.07. The number of ketones is 1. The summed E-state index contributed by atoms with van der Waals surface area (Å²) in [5.41, 5.74) is 1.39. The third-order valence-corrected chi connectivity index (χ3v) is 5.51. The number of nitrogens with one attached hydrogen (secondary N) is 2. The van der Waals surface area contributed by atoms with E-state index in [1.807, 2.05) is 4.72 Å². The number of carbonyl (C=O) groups excluding carboxylic acids is 1. The molecule has 0 aliphatic heterocycles. The maximum atomic E-state index is 14.6. The number of rotatable bonds is 6. The summed E-state index contributed by atoms with van der Waals surface area (Å²) in [7, 11) is -3.67. The monoisotopic (exact) mass is 452 g/mol. The quantitative estimate of drug-likeness (QED) is 0.516. The minimum absolute atomic E-state index is 0.204. The third kappa shape index (κ3) is 4.71. The van der Waals surface area contributed by atoms with Crippen LogP contribution in [-0.2, 0) is 10.0 Å². The number of H-pyrrole nitrogens is 1. The van der Waals surface area contributed by atoms with Gasteiger partial charge in [-0.2, -0.15) is 0 Å². The molecule has 3 aromatic rings. The Morgan fingerprint density at radius 3 is 2.20 bits per heavy atom. The van der Waals surface area contributed by atoms with Crippen molar-refractivity contribution < 1.29 is 22.0 Å². The van der Waals surface area contributed by atoms with Gasteiger partial charge >= 0.3 is 0 Å². The highest BCUT2D eigenvalue weighted by molar-refractivity contribution is 7.92. The van der Waals surface area contributed by atoms with E-state index in [1.54, 1.807) is 44.2 Å². The highest BCUT2D eigenvalue weighted by atomic mass is 35.5. The smallest absolute Gasteiger partial charge is 0.229 e. The molecule has 1 unspecified atom stereocenters. The fourth-order valence-corrected chi connectivity index (χ4v) is 3.90. The molecule has 30 heavy (non-hydrogen) atoms. The zero-order chi connectivity index (χ0) is 22.2. The van der Waals surface area contributed by atoms with Gasteiger partial charge in [0.05, 0.1) is 17.6 Å². The zero-order valence-corrected chi connectivity index (χ0v) is 18.0. The van der Waals surface area contributed by atoms with Crippen LogP contribution in [0.2, 0.25) is 5.02 Å². The van der Waals surface area contributed by atoms with Crippen LogP contribution >= 0.6 is 11.6 Å². The largest absolute Gasteiger partial charge is 0.355 e. The minimum Gasteiger partial charge on any atom is -0.355 e. The first kappa shape index (κ1) is 22.0. The van der Waals surface area contributed by atoms with Gasteiger partial charge in [-0.25, -0.2) is 17.2 Å². The number of benzene rings is 2.